The minimum absolute atomic E-state index is 0.502. The monoisotopic (exact) mass is 202 g/mol. The highest BCUT2D eigenvalue weighted by molar-refractivity contribution is 4.69. The molecule has 0 radical (unpaired) electrons. The van der Waals surface area contributed by atoms with Crippen LogP contribution in [0.5, 0.6) is 0 Å². The normalized spacial score (nSPS) is 15.4. The predicted molar refractivity (Wildman–Crippen MR) is 62.5 cm³/mol. The maximum atomic E-state index is 5.38. The molecular formula is C10H26N4. The zero-order valence-electron chi connectivity index (χ0n) is 9.77. The van der Waals surface area contributed by atoms with Crippen LogP contribution >= 0.6 is 0 Å². The molecule has 0 aliphatic carbocycles. The SMILES string of the molecule is CCN[C@@H](C)CN[C@@H](C)CNCCN. The van der Waals surface area contributed by atoms with Gasteiger partial charge in [0, 0.05) is 38.3 Å². The number of nitrogens with one attached hydrogen (secondary N) is 3. The second-order valence-corrected chi connectivity index (χ2v) is 3.76. The molecule has 0 aliphatic heterocycles. The van der Waals surface area contributed by atoms with Crippen LogP contribution in [0.15, 0.2) is 0 Å². The van der Waals surface area contributed by atoms with Gasteiger partial charge in [0.05, 0.1) is 0 Å². The van der Waals surface area contributed by atoms with Gasteiger partial charge in [0.15, 0.2) is 0 Å². The standard InChI is InChI=1S/C10H26N4/c1-4-13-10(3)8-14-9(2)7-12-6-5-11/h9-10,12-14H,4-8,11H2,1-3H3/t9-,10-/m0/s1. The molecule has 5 N–H and O–H groups in total. The third-order valence-corrected chi connectivity index (χ3v) is 2.10. The van der Waals surface area contributed by atoms with E-state index in [9.17, 15) is 0 Å². The van der Waals surface area contributed by atoms with Gasteiger partial charge in [-0.15, -0.1) is 0 Å². The van der Waals surface area contributed by atoms with Gasteiger partial charge in [-0.3, -0.25) is 0 Å². The van der Waals surface area contributed by atoms with Crippen molar-refractivity contribution < 1.29 is 0 Å². The summed E-state index contributed by atoms with van der Waals surface area (Å²) in [5.41, 5.74) is 5.38. The van der Waals surface area contributed by atoms with Crippen molar-refractivity contribution in [3.8, 4) is 0 Å². The van der Waals surface area contributed by atoms with Gasteiger partial charge in [0.2, 0.25) is 0 Å². The fourth-order valence-corrected chi connectivity index (χ4v) is 1.29. The summed E-state index contributed by atoms with van der Waals surface area (Å²) in [5, 5.41) is 10.1. The lowest BCUT2D eigenvalue weighted by Crippen LogP contribution is -2.44. The highest BCUT2D eigenvalue weighted by Gasteiger charge is 2.03. The Balaban J connectivity index is 3.29. The third-order valence-electron chi connectivity index (χ3n) is 2.10. The maximum absolute atomic E-state index is 5.38. The number of hydrogen-bond acceptors (Lipinski definition) is 4. The molecule has 4 nitrogen and oxygen atoms in total. The number of hydrogen-bond donors (Lipinski definition) is 4. The molecular weight excluding hydrogens is 176 g/mol. The van der Waals surface area contributed by atoms with Gasteiger partial charge in [0.25, 0.3) is 0 Å². The Morgan fingerprint density at radius 1 is 1.07 bits per heavy atom. The summed E-state index contributed by atoms with van der Waals surface area (Å²) in [5.74, 6) is 0. The van der Waals surface area contributed by atoms with Crippen LogP contribution in [-0.2, 0) is 0 Å². The van der Waals surface area contributed by atoms with E-state index in [4.69, 9.17) is 5.73 Å². The van der Waals surface area contributed by atoms with E-state index in [0.29, 0.717) is 18.6 Å². The van der Waals surface area contributed by atoms with E-state index in [0.717, 1.165) is 26.2 Å². The van der Waals surface area contributed by atoms with E-state index in [1.54, 1.807) is 0 Å². The van der Waals surface area contributed by atoms with Crippen LogP contribution in [0.1, 0.15) is 20.8 Å². The van der Waals surface area contributed by atoms with Crippen LogP contribution in [0.2, 0.25) is 0 Å². The van der Waals surface area contributed by atoms with Gasteiger partial charge in [-0.05, 0) is 20.4 Å². The maximum Gasteiger partial charge on any atom is 0.0164 e. The molecule has 0 spiro atoms. The van der Waals surface area contributed by atoms with E-state index < -0.39 is 0 Å². The molecule has 0 unspecified atom stereocenters. The Labute approximate surface area is 88.0 Å². The van der Waals surface area contributed by atoms with Crippen molar-refractivity contribution in [3.63, 3.8) is 0 Å². The lowest BCUT2D eigenvalue weighted by molar-refractivity contribution is 0.452. The first-order valence-corrected chi connectivity index (χ1v) is 5.58. The molecule has 0 aliphatic rings. The molecule has 0 fully saturated rings. The second-order valence-electron chi connectivity index (χ2n) is 3.76. The third kappa shape index (κ3) is 8.44. The van der Waals surface area contributed by atoms with E-state index in [2.05, 4.69) is 36.7 Å². The van der Waals surface area contributed by atoms with E-state index in [1.165, 1.54) is 0 Å². The fraction of sp³-hybridized carbons (Fsp3) is 1.00. The largest absolute Gasteiger partial charge is 0.329 e. The minimum Gasteiger partial charge on any atom is -0.329 e. The van der Waals surface area contributed by atoms with Crippen molar-refractivity contribution in [1.29, 1.82) is 0 Å². The Kier molecular flexibility index (Phi) is 9.29. The summed E-state index contributed by atoms with van der Waals surface area (Å²) in [6, 6.07) is 1.04. The molecule has 0 aromatic rings. The Hall–Kier alpha value is -0.160. The molecule has 86 valence electrons. The van der Waals surface area contributed by atoms with Crippen molar-refractivity contribution in [3.05, 3.63) is 0 Å². The molecule has 14 heavy (non-hydrogen) atoms. The van der Waals surface area contributed by atoms with Gasteiger partial charge in [-0.25, -0.2) is 0 Å². The summed E-state index contributed by atoms with van der Waals surface area (Å²) in [6.07, 6.45) is 0. The van der Waals surface area contributed by atoms with Gasteiger partial charge < -0.3 is 21.7 Å². The molecule has 0 bridgehead atoms. The van der Waals surface area contributed by atoms with Gasteiger partial charge in [0.1, 0.15) is 0 Å². The number of nitrogens with two attached hydrogens (primary N) is 1. The first-order valence-electron chi connectivity index (χ1n) is 5.58. The molecule has 2 atom stereocenters. The summed E-state index contributed by atoms with van der Waals surface area (Å²) in [4.78, 5) is 0. The number of likely N-dealkylation sites (N-methyl/N-ethyl adjacent to an activating group) is 1. The zero-order valence-corrected chi connectivity index (χ0v) is 9.77. The Morgan fingerprint density at radius 2 is 1.71 bits per heavy atom. The lowest BCUT2D eigenvalue weighted by Gasteiger charge is -2.18. The van der Waals surface area contributed by atoms with Crippen molar-refractivity contribution in [2.45, 2.75) is 32.9 Å². The average Bonchev–Trinajstić information content (AvgIpc) is 2.16. The smallest absolute Gasteiger partial charge is 0.0164 e. The molecule has 0 aromatic heterocycles. The van der Waals surface area contributed by atoms with Crippen molar-refractivity contribution in [2.24, 2.45) is 5.73 Å². The quantitative estimate of drug-likeness (QED) is 0.381. The molecule has 0 saturated carbocycles. The fourth-order valence-electron chi connectivity index (χ4n) is 1.29. The Bertz CT molecular complexity index is 119. The first kappa shape index (κ1) is 13.8. The minimum atomic E-state index is 0.502. The Morgan fingerprint density at radius 3 is 2.29 bits per heavy atom. The summed E-state index contributed by atoms with van der Waals surface area (Å²) >= 11 is 0. The predicted octanol–water partition coefficient (Wildman–Crippen LogP) is -0.489. The van der Waals surface area contributed by atoms with Gasteiger partial charge in [-0.1, -0.05) is 6.92 Å². The van der Waals surface area contributed by atoms with Crippen molar-refractivity contribution >= 4 is 0 Å². The van der Waals surface area contributed by atoms with Crippen LogP contribution in [0.3, 0.4) is 0 Å². The van der Waals surface area contributed by atoms with Crippen molar-refractivity contribution in [1.82, 2.24) is 16.0 Å². The first-order chi connectivity index (χ1) is 6.70. The topological polar surface area (TPSA) is 62.1 Å². The van der Waals surface area contributed by atoms with Gasteiger partial charge >= 0.3 is 0 Å². The van der Waals surface area contributed by atoms with Gasteiger partial charge in [-0.2, -0.15) is 0 Å². The van der Waals surface area contributed by atoms with Crippen LogP contribution in [0, 0.1) is 0 Å². The van der Waals surface area contributed by atoms with Crippen molar-refractivity contribution in [2.75, 3.05) is 32.7 Å². The van der Waals surface area contributed by atoms with Crippen LogP contribution in [0.25, 0.3) is 0 Å². The van der Waals surface area contributed by atoms with Crippen LogP contribution < -0.4 is 21.7 Å². The van der Waals surface area contributed by atoms with Crippen LogP contribution in [0.4, 0.5) is 0 Å². The van der Waals surface area contributed by atoms with Crippen LogP contribution in [-0.4, -0.2) is 44.8 Å². The zero-order chi connectivity index (χ0) is 10.8. The highest BCUT2D eigenvalue weighted by Crippen LogP contribution is 1.82. The summed E-state index contributed by atoms with van der Waals surface area (Å²) in [6.45, 7) is 11.1. The molecule has 0 saturated heterocycles. The average molecular weight is 202 g/mol. The number of rotatable bonds is 9. The van der Waals surface area contributed by atoms with E-state index in [1.807, 2.05) is 0 Å². The lowest BCUT2D eigenvalue weighted by atomic mass is 10.2. The van der Waals surface area contributed by atoms with E-state index in [-0.39, 0.29) is 0 Å². The molecule has 0 amide bonds. The summed E-state index contributed by atoms with van der Waals surface area (Å²) < 4.78 is 0. The molecule has 4 heteroatoms. The summed E-state index contributed by atoms with van der Waals surface area (Å²) in [7, 11) is 0. The molecule has 0 rings (SSSR count). The molecule has 0 heterocycles. The molecule has 0 aromatic carbocycles. The second kappa shape index (κ2) is 9.40. The van der Waals surface area contributed by atoms with E-state index >= 15 is 0 Å². The highest BCUT2D eigenvalue weighted by atomic mass is 15.0.